The van der Waals surface area contributed by atoms with Crippen LogP contribution in [0.5, 0.6) is 0 Å². The highest BCUT2D eigenvalue weighted by atomic mass is 16.2. The van der Waals surface area contributed by atoms with Crippen molar-refractivity contribution in [3.63, 3.8) is 0 Å². The van der Waals surface area contributed by atoms with E-state index in [0.717, 1.165) is 19.3 Å². The third kappa shape index (κ3) is 6.07. The van der Waals surface area contributed by atoms with Crippen molar-refractivity contribution < 1.29 is 4.79 Å². The zero-order chi connectivity index (χ0) is 12.7. The molecule has 0 unspecified atom stereocenters. The van der Waals surface area contributed by atoms with Crippen molar-refractivity contribution in [2.75, 3.05) is 14.1 Å². The summed E-state index contributed by atoms with van der Waals surface area (Å²) in [6.07, 6.45) is 3.65. The second-order valence-electron chi connectivity index (χ2n) is 4.63. The molecule has 0 heterocycles. The number of nitrogens with one attached hydrogen (secondary N) is 1. The summed E-state index contributed by atoms with van der Waals surface area (Å²) >= 11 is 0. The summed E-state index contributed by atoms with van der Waals surface area (Å²) in [6.45, 7) is 2.11. The fourth-order valence-corrected chi connectivity index (χ4v) is 1.79. The van der Waals surface area contributed by atoms with Gasteiger partial charge >= 0.3 is 0 Å². The molecule has 0 saturated heterocycles. The fourth-order valence-electron chi connectivity index (χ4n) is 1.79. The molecular weight excluding hydrogens is 212 g/mol. The number of rotatable bonds is 6. The number of hydrogen-bond acceptors (Lipinski definition) is 2. The zero-order valence-electron chi connectivity index (χ0n) is 11.0. The average molecular weight is 234 g/mol. The van der Waals surface area contributed by atoms with Crippen LogP contribution in [0, 0.1) is 6.92 Å². The number of hydrogen-bond donors (Lipinski definition) is 1. The van der Waals surface area contributed by atoms with Crippen molar-refractivity contribution in [3.05, 3.63) is 35.4 Å². The fraction of sp³-hybridized carbons (Fsp3) is 0.500. The lowest BCUT2D eigenvalue weighted by Gasteiger charge is -2.11. The van der Waals surface area contributed by atoms with E-state index in [1.807, 2.05) is 14.1 Å². The SMILES string of the molecule is Cc1cccc(CCCCC(=O)NN(C)C)c1. The number of unbranched alkanes of at least 4 members (excludes halogenated alkanes) is 1. The minimum absolute atomic E-state index is 0.0965. The number of amides is 1. The molecule has 1 aromatic rings. The minimum atomic E-state index is 0.0965. The van der Waals surface area contributed by atoms with Crippen molar-refractivity contribution in [1.82, 2.24) is 10.4 Å². The van der Waals surface area contributed by atoms with Crippen molar-refractivity contribution in [3.8, 4) is 0 Å². The van der Waals surface area contributed by atoms with E-state index in [4.69, 9.17) is 0 Å². The standard InChI is InChI=1S/C14H22N2O/c1-12-7-6-9-13(11-12)8-4-5-10-14(17)15-16(2)3/h6-7,9,11H,4-5,8,10H2,1-3H3,(H,15,17). The Balaban J connectivity index is 2.18. The van der Waals surface area contributed by atoms with Gasteiger partial charge in [-0.1, -0.05) is 29.8 Å². The molecule has 0 radical (unpaired) electrons. The Kier molecular flexibility index (Phi) is 5.70. The van der Waals surface area contributed by atoms with E-state index in [1.165, 1.54) is 11.1 Å². The number of carbonyl (C=O) groups is 1. The molecule has 3 heteroatoms. The van der Waals surface area contributed by atoms with Gasteiger partial charge in [0.25, 0.3) is 0 Å². The smallest absolute Gasteiger partial charge is 0.234 e. The number of carbonyl (C=O) groups excluding carboxylic acids is 1. The molecule has 94 valence electrons. The van der Waals surface area contributed by atoms with Gasteiger partial charge in [0.05, 0.1) is 0 Å². The maximum absolute atomic E-state index is 11.4. The van der Waals surface area contributed by atoms with Crippen LogP contribution >= 0.6 is 0 Å². The highest BCUT2D eigenvalue weighted by Crippen LogP contribution is 2.08. The molecule has 0 saturated carbocycles. The van der Waals surface area contributed by atoms with Crippen LogP contribution in [0.3, 0.4) is 0 Å². The minimum Gasteiger partial charge on any atom is -0.289 e. The maximum Gasteiger partial charge on any atom is 0.234 e. The maximum atomic E-state index is 11.4. The first kappa shape index (κ1) is 13.7. The summed E-state index contributed by atoms with van der Waals surface area (Å²) in [5, 5.41) is 1.68. The van der Waals surface area contributed by atoms with E-state index in [2.05, 4.69) is 36.6 Å². The molecule has 0 aromatic heterocycles. The van der Waals surface area contributed by atoms with Gasteiger partial charge < -0.3 is 0 Å². The summed E-state index contributed by atoms with van der Waals surface area (Å²) in [6, 6.07) is 8.55. The van der Waals surface area contributed by atoms with E-state index >= 15 is 0 Å². The van der Waals surface area contributed by atoms with Crippen LogP contribution in [0.2, 0.25) is 0 Å². The second kappa shape index (κ2) is 7.07. The summed E-state index contributed by atoms with van der Waals surface area (Å²) in [5.74, 6) is 0.0965. The van der Waals surface area contributed by atoms with Crippen molar-refractivity contribution in [2.45, 2.75) is 32.6 Å². The zero-order valence-corrected chi connectivity index (χ0v) is 11.0. The lowest BCUT2D eigenvalue weighted by Crippen LogP contribution is -2.35. The van der Waals surface area contributed by atoms with E-state index in [0.29, 0.717) is 6.42 Å². The Bertz CT molecular complexity index is 361. The second-order valence-corrected chi connectivity index (χ2v) is 4.63. The average Bonchev–Trinajstić information content (AvgIpc) is 2.23. The summed E-state index contributed by atoms with van der Waals surface area (Å²) < 4.78 is 0. The first-order chi connectivity index (χ1) is 8.08. The normalized spacial score (nSPS) is 10.6. The molecular formula is C14H22N2O. The molecule has 3 nitrogen and oxygen atoms in total. The molecule has 0 atom stereocenters. The van der Waals surface area contributed by atoms with Gasteiger partial charge in [-0.15, -0.1) is 0 Å². The van der Waals surface area contributed by atoms with E-state index in [1.54, 1.807) is 5.01 Å². The highest BCUT2D eigenvalue weighted by Gasteiger charge is 2.01. The Morgan fingerprint density at radius 1 is 1.29 bits per heavy atom. The van der Waals surface area contributed by atoms with Crippen LogP contribution in [0.4, 0.5) is 0 Å². The number of aryl methyl sites for hydroxylation is 2. The summed E-state index contributed by atoms with van der Waals surface area (Å²) in [5.41, 5.74) is 5.40. The molecule has 0 spiro atoms. The molecule has 1 aromatic carbocycles. The topological polar surface area (TPSA) is 32.3 Å². The quantitative estimate of drug-likeness (QED) is 0.605. The molecule has 17 heavy (non-hydrogen) atoms. The number of hydrazine groups is 1. The molecule has 0 bridgehead atoms. The third-order valence-electron chi connectivity index (χ3n) is 2.55. The van der Waals surface area contributed by atoms with Crippen LogP contribution in [0.15, 0.2) is 24.3 Å². The van der Waals surface area contributed by atoms with Gasteiger partial charge in [-0.2, -0.15) is 0 Å². The molecule has 0 aliphatic carbocycles. The monoisotopic (exact) mass is 234 g/mol. The van der Waals surface area contributed by atoms with E-state index in [-0.39, 0.29) is 5.91 Å². The van der Waals surface area contributed by atoms with E-state index in [9.17, 15) is 4.79 Å². The molecule has 0 aliphatic heterocycles. The summed E-state index contributed by atoms with van der Waals surface area (Å²) in [4.78, 5) is 11.4. The van der Waals surface area contributed by atoms with Gasteiger partial charge in [0.1, 0.15) is 0 Å². The Morgan fingerprint density at radius 2 is 2.06 bits per heavy atom. The van der Waals surface area contributed by atoms with Crippen molar-refractivity contribution in [2.24, 2.45) is 0 Å². The van der Waals surface area contributed by atoms with Crippen LogP contribution in [-0.4, -0.2) is 25.0 Å². The number of benzene rings is 1. The van der Waals surface area contributed by atoms with Crippen molar-refractivity contribution >= 4 is 5.91 Å². The predicted molar refractivity (Wildman–Crippen MR) is 70.6 cm³/mol. The van der Waals surface area contributed by atoms with Crippen LogP contribution in [-0.2, 0) is 11.2 Å². The van der Waals surface area contributed by atoms with E-state index < -0.39 is 0 Å². The summed E-state index contributed by atoms with van der Waals surface area (Å²) in [7, 11) is 3.65. The van der Waals surface area contributed by atoms with Gasteiger partial charge in [-0.05, 0) is 31.7 Å². The van der Waals surface area contributed by atoms with Gasteiger partial charge in [0.15, 0.2) is 0 Å². The molecule has 1 amide bonds. The van der Waals surface area contributed by atoms with Gasteiger partial charge in [-0.3, -0.25) is 10.2 Å². The molecule has 0 fully saturated rings. The first-order valence-corrected chi connectivity index (χ1v) is 6.10. The van der Waals surface area contributed by atoms with Crippen molar-refractivity contribution in [1.29, 1.82) is 0 Å². The Labute approximate surface area is 104 Å². The van der Waals surface area contributed by atoms with Gasteiger partial charge in [-0.25, -0.2) is 5.01 Å². The first-order valence-electron chi connectivity index (χ1n) is 6.10. The number of nitrogens with zero attached hydrogens (tertiary/aromatic N) is 1. The van der Waals surface area contributed by atoms with Crippen LogP contribution in [0.1, 0.15) is 30.4 Å². The van der Waals surface area contributed by atoms with Gasteiger partial charge in [0, 0.05) is 20.5 Å². The molecule has 1 rings (SSSR count). The third-order valence-corrected chi connectivity index (χ3v) is 2.55. The highest BCUT2D eigenvalue weighted by molar-refractivity contribution is 5.75. The van der Waals surface area contributed by atoms with Gasteiger partial charge in [0.2, 0.25) is 5.91 Å². The molecule has 0 aliphatic rings. The Morgan fingerprint density at radius 3 is 2.71 bits per heavy atom. The lowest BCUT2D eigenvalue weighted by atomic mass is 10.0. The predicted octanol–water partition coefficient (Wildman–Crippen LogP) is 2.30. The van der Waals surface area contributed by atoms with Crippen LogP contribution < -0.4 is 5.43 Å². The largest absolute Gasteiger partial charge is 0.289 e. The Hall–Kier alpha value is -1.35. The van der Waals surface area contributed by atoms with Crippen LogP contribution in [0.25, 0.3) is 0 Å². The molecule has 1 N–H and O–H groups in total. The lowest BCUT2D eigenvalue weighted by molar-refractivity contribution is -0.124.